The summed E-state index contributed by atoms with van der Waals surface area (Å²) in [5.41, 5.74) is 5.93. The molecule has 0 radical (unpaired) electrons. The second-order valence-electron chi connectivity index (χ2n) is 3.12. The van der Waals surface area contributed by atoms with Crippen LogP contribution in [-0.4, -0.2) is 26.5 Å². The molecule has 0 bridgehead atoms. The highest BCUT2D eigenvalue weighted by Crippen LogP contribution is 2.17. The number of nitrogens with zero attached hydrogens (tertiary/aromatic N) is 4. The summed E-state index contributed by atoms with van der Waals surface area (Å²) in [4.78, 5) is 15.4. The average molecular weight is 235 g/mol. The van der Waals surface area contributed by atoms with Crippen LogP contribution in [0.5, 0.6) is 6.01 Å². The number of ether oxygens (including phenoxy) is 1. The van der Waals surface area contributed by atoms with Crippen LogP contribution in [0.4, 0.5) is 10.3 Å². The van der Waals surface area contributed by atoms with E-state index in [2.05, 4.69) is 19.9 Å². The quantitative estimate of drug-likeness (QED) is 0.855. The molecule has 0 atom stereocenters. The van der Waals surface area contributed by atoms with Gasteiger partial charge in [0, 0.05) is 11.8 Å². The first-order chi connectivity index (χ1) is 8.19. The number of pyridine rings is 1. The number of hydrogen-bond acceptors (Lipinski definition) is 6. The number of nitrogen functional groups attached to an aromatic ring is 1. The van der Waals surface area contributed by atoms with Crippen LogP contribution in [0.15, 0.2) is 18.5 Å². The summed E-state index contributed by atoms with van der Waals surface area (Å²) >= 11 is 0. The van der Waals surface area contributed by atoms with Gasteiger partial charge in [-0.05, 0) is 13.0 Å². The molecule has 0 spiro atoms. The van der Waals surface area contributed by atoms with Crippen LogP contribution >= 0.6 is 0 Å². The van der Waals surface area contributed by atoms with Gasteiger partial charge in [-0.25, -0.2) is 4.39 Å². The van der Waals surface area contributed by atoms with Crippen LogP contribution in [-0.2, 0) is 0 Å². The van der Waals surface area contributed by atoms with Gasteiger partial charge in [-0.2, -0.15) is 15.0 Å². The van der Waals surface area contributed by atoms with Gasteiger partial charge in [-0.1, -0.05) is 0 Å². The van der Waals surface area contributed by atoms with E-state index < -0.39 is 5.82 Å². The second-order valence-corrected chi connectivity index (χ2v) is 3.12. The molecule has 2 aromatic rings. The molecule has 0 saturated carbocycles. The van der Waals surface area contributed by atoms with Crippen molar-refractivity contribution in [3.05, 3.63) is 24.3 Å². The molecule has 0 aliphatic heterocycles. The largest absolute Gasteiger partial charge is 0.464 e. The van der Waals surface area contributed by atoms with E-state index in [4.69, 9.17) is 10.5 Å². The molecule has 6 nitrogen and oxygen atoms in total. The number of nitrogens with two attached hydrogens (primary N) is 1. The van der Waals surface area contributed by atoms with Crippen LogP contribution < -0.4 is 10.5 Å². The molecule has 2 heterocycles. The van der Waals surface area contributed by atoms with E-state index in [9.17, 15) is 4.39 Å². The minimum Gasteiger partial charge on any atom is -0.464 e. The van der Waals surface area contributed by atoms with Crippen molar-refractivity contribution in [1.29, 1.82) is 0 Å². The number of hydrogen-bond donors (Lipinski definition) is 1. The van der Waals surface area contributed by atoms with Gasteiger partial charge in [0.1, 0.15) is 5.82 Å². The zero-order valence-electron chi connectivity index (χ0n) is 9.09. The fourth-order valence-corrected chi connectivity index (χ4v) is 1.23. The molecule has 0 aliphatic carbocycles. The molecule has 0 aliphatic rings. The van der Waals surface area contributed by atoms with Gasteiger partial charge in [-0.15, -0.1) is 0 Å². The zero-order chi connectivity index (χ0) is 12.3. The topological polar surface area (TPSA) is 86.8 Å². The number of rotatable bonds is 3. The maximum absolute atomic E-state index is 13.0. The van der Waals surface area contributed by atoms with Gasteiger partial charge in [0.25, 0.3) is 0 Å². The van der Waals surface area contributed by atoms with E-state index in [1.54, 1.807) is 6.92 Å². The Balaban J connectivity index is 2.44. The SMILES string of the molecule is CCOc1nc(N)nc(-c2cncc(F)c2)n1. The smallest absolute Gasteiger partial charge is 0.321 e. The van der Waals surface area contributed by atoms with Crippen molar-refractivity contribution in [1.82, 2.24) is 19.9 Å². The van der Waals surface area contributed by atoms with Crippen molar-refractivity contribution in [3.8, 4) is 17.4 Å². The molecule has 0 aromatic carbocycles. The maximum Gasteiger partial charge on any atom is 0.321 e. The summed E-state index contributed by atoms with van der Waals surface area (Å²) in [7, 11) is 0. The van der Waals surface area contributed by atoms with Crippen molar-refractivity contribution in [3.63, 3.8) is 0 Å². The van der Waals surface area contributed by atoms with E-state index in [0.717, 1.165) is 6.20 Å². The molecule has 0 fully saturated rings. The Hall–Kier alpha value is -2.31. The van der Waals surface area contributed by atoms with Gasteiger partial charge in [0.15, 0.2) is 5.82 Å². The monoisotopic (exact) mass is 235 g/mol. The third-order valence-electron chi connectivity index (χ3n) is 1.87. The number of aromatic nitrogens is 4. The molecule has 0 unspecified atom stereocenters. The third-order valence-corrected chi connectivity index (χ3v) is 1.87. The van der Waals surface area contributed by atoms with Crippen molar-refractivity contribution < 1.29 is 9.13 Å². The molecule has 17 heavy (non-hydrogen) atoms. The Kier molecular flexibility index (Phi) is 3.08. The zero-order valence-corrected chi connectivity index (χ0v) is 9.09. The summed E-state index contributed by atoms with van der Waals surface area (Å²) in [6, 6.07) is 1.37. The first-order valence-corrected chi connectivity index (χ1v) is 4.94. The minimum atomic E-state index is -0.473. The molecule has 2 rings (SSSR count). The summed E-state index contributed by atoms with van der Waals surface area (Å²) in [6.07, 6.45) is 2.53. The highest BCUT2D eigenvalue weighted by atomic mass is 19.1. The Bertz CT molecular complexity index is 534. The van der Waals surface area contributed by atoms with E-state index in [1.807, 2.05) is 0 Å². The number of anilines is 1. The first-order valence-electron chi connectivity index (χ1n) is 4.94. The van der Waals surface area contributed by atoms with Crippen LogP contribution in [0.2, 0.25) is 0 Å². The van der Waals surface area contributed by atoms with E-state index in [0.29, 0.717) is 12.2 Å². The second kappa shape index (κ2) is 4.69. The van der Waals surface area contributed by atoms with Crippen molar-refractivity contribution in [2.24, 2.45) is 0 Å². The summed E-state index contributed by atoms with van der Waals surface area (Å²) in [6.45, 7) is 2.20. The van der Waals surface area contributed by atoms with Gasteiger partial charge in [0.05, 0.1) is 12.8 Å². The summed E-state index contributed by atoms with van der Waals surface area (Å²) in [5, 5.41) is 0. The van der Waals surface area contributed by atoms with Crippen molar-refractivity contribution in [2.45, 2.75) is 6.92 Å². The molecular weight excluding hydrogens is 225 g/mol. The molecule has 0 saturated heterocycles. The number of halogens is 1. The van der Waals surface area contributed by atoms with Gasteiger partial charge >= 0.3 is 6.01 Å². The Labute approximate surface area is 96.7 Å². The Morgan fingerprint density at radius 1 is 1.29 bits per heavy atom. The van der Waals surface area contributed by atoms with Crippen LogP contribution in [0.25, 0.3) is 11.4 Å². The van der Waals surface area contributed by atoms with Crippen LogP contribution in [0.1, 0.15) is 6.92 Å². The lowest BCUT2D eigenvalue weighted by Gasteiger charge is -2.04. The lowest BCUT2D eigenvalue weighted by atomic mass is 10.2. The fraction of sp³-hybridized carbons (Fsp3) is 0.200. The fourth-order valence-electron chi connectivity index (χ4n) is 1.23. The highest BCUT2D eigenvalue weighted by molar-refractivity contribution is 5.54. The lowest BCUT2D eigenvalue weighted by molar-refractivity contribution is 0.312. The molecule has 88 valence electrons. The molecule has 2 N–H and O–H groups in total. The predicted molar refractivity (Wildman–Crippen MR) is 58.6 cm³/mol. The standard InChI is InChI=1S/C10H10FN5O/c1-2-17-10-15-8(14-9(12)16-10)6-3-7(11)5-13-4-6/h3-5H,2H2,1H3,(H2,12,14,15,16). The normalized spacial score (nSPS) is 10.2. The van der Waals surface area contributed by atoms with Crippen molar-refractivity contribution >= 4 is 5.95 Å². The van der Waals surface area contributed by atoms with E-state index in [1.165, 1.54) is 12.3 Å². The van der Waals surface area contributed by atoms with Crippen LogP contribution in [0, 0.1) is 5.82 Å². The highest BCUT2D eigenvalue weighted by Gasteiger charge is 2.08. The molecule has 7 heteroatoms. The summed E-state index contributed by atoms with van der Waals surface area (Å²) < 4.78 is 18.1. The molecular formula is C10H10FN5O. The lowest BCUT2D eigenvalue weighted by Crippen LogP contribution is -2.05. The van der Waals surface area contributed by atoms with Gasteiger partial charge in [0.2, 0.25) is 5.95 Å². The van der Waals surface area contributed by atoms with Gasteiger partial charge in [-0.3, -0.25) is 4.98 Å². The predicted octanol–water partition coefficient (Wildman–Crippen LogP) is 1.05. The maximum atomic E-state index is 13.0. The molecule has 2 aromatic heterocycles. The molecule has 0 amide bonds. The van der Waals surface area contributed by atoms with E-state index >= 15 is 0 Å². The minimum absolute atomic E-state index is 0.0164. The van der Waals surface area contributed by atoms with Crippen molar-refractivity contribution in [2.75, 3.05) is 12.3 Å². The Morgan fingerprint density at radius 2 is 2.12 bits per heavy atom. The first kappa shape index (κ1) is 11.2. The summed E-state index contributed by atoms with van der Waals surface area (Å²) in [5.74, 6) is -0.227. The Morgan fingerprint density at radius 3 is 2.82 bits per heavy atom. The van der Waals surface area contributed by atoms with Crippen LogP contribution in [0.3, 0.4) is 0 Å². The van der Waals surface area contributed by atoms with Gasteiger partial charge < -0.3 is 10.5 Å². The third kappa shape index (κ3) is 2.63. The van der Waals surface area contributed by atoms with E-state index in [-0.39, 0.29) is 17.8 Å². The average Bonchev–Trinajstić information content (AvgIpc) is 2.28.